The van der Waals surface area contributed by atoms with E-state index in [4.69, 9.17) is 10.6 Å². The fourth-order valence-electron chi connectivity index (χ4n) is 2.47. The third-order valence-electron chi connectivity index (χ3n) is 3.39. The third-order valence-corrected chi connectivity index (χ3v) is 3.39. The standard InChI is InChI=1S/C15H22N4O/c1-5-19-13(9-11(3)18-19)15(17-16)12-8-10(2)6-7-14(12)20-4/h6-9,15,17H,5,16H2,1-4H3. The SMILES string of the molecule is CCn1nc(C)cc1C(NN)c1cc(C)ccc1OC. The minimum Gasteiger partial charge on any atom is -0.496 e. The molecule has 0 aliphatic heterocycles. The highest BCUT2D eigenvalue weighted by Crippen LogP contribution is 2.30. The number of benzene rings is 1. The molecule has 108 valence electrons. The Morgan fingerprint density at radius 1 is 1.35 bits per heavy atom. The summed E-state index contributed by atoms with van der Waals surface area (Å²) in [5.41, 5.74) is 7.09. The van der Waals surface area contributed by atoms with Crippen LogP contribution in [0.2, 0.25) is 0 Å². The van der Waals surface area contributed by atoms with Crippen molar-refractivity contribution in [1.82, 2.24) is 15.2 Å². The van der Waals surface area contributed by atoms with Gasteiger partial charge in [0.2, 0.25) is 0 Å². The molecule has 1 unspecified atom stereocenters. The topological polar surface area (TPSA) is 65.1 Å². The van der Waals surface area contributed by atoms with Crippen LogP contribution in [0.15, 0.2) is 24.3 Å². The number of hydrogen-bond donors (Lipinski definition) is 2. The number of rotatable bonds is 5. The van der Waals surface area contributed by atoms with Crippen LogP contribution in [0.3, 0.4) is 0 Å². The maximum Gasteiger partial charge on any atom is 0.124 e. The van der Waals surface area contributed by atoms with Gasteiger partial charge in [-0.05, 0) is 32.9 Å². The summed E-state index contributed by atoms with van der Waals surface area (Å²) in [6, 6.07) is 7.99. The number of nitrogens with one attached hydrogen (secondary N) is 1. The number of aryl methyl sites for hydroxylation is 3. The minimum atomic E-state index is -0.147. The zero-order valence-electron chi connectivity index (χ0n) is 12.5. The molecule has 1 aromatic heterocycles. The molecule has 0 aliphatic rings. The molecule has 0 aliphatic carbocycles. The van der Waals surface area contributed by atoms with Crippen LogP contribution in [0.25, 0.3) is 0 Å². The first-order chi connectivity index (χ1) is 9.60. The molecular formula is C15H22N4O. The lowest BCUT2D eigenvalue weighted by Crippen LogP contribution is -2.31. The Balaban J connectivity index is 2.54. The molecule has 0 saturated carbocycles. The van der Waals surface area contributed by atoms with Crippen molar-refractivity contribution in [1.29, 1.82) is 0 Å². The van der Waals surface area contributed by atoms with Crippen molar-refractivity contribution in [2.24, 2.45) is 5.84 Å². The van der Waals surface area contributed by atoms with Gasteiger partial charge >= 0.3 is 0 Å². The second-order valence-corrected chi connectivity index (χ2v) is 4.87. The highest BCUT2D eigenvalue weighted by Gasteiger charge is 2.21. The smallest absolute Gasteiger partial charge is 0.124 e. The quantitative estimate of drug-likeness (QED) is 0.647. The fraction of sp³-hybridized carbons (Fsp3) is 0.400. The number of hydrazine groups is 1. The number of ether oxygens (including phenoxy) is 1. The van der Waals surface area contributed by atoms with Gasteiger partial charge in [-0.3, -0.25) is 10.5 Å². The van der Waals surface area contributed by atoms with Crippen molar-refractivity contribution < 1.29 is 4.74 Å². The predicted octanol–water partition coefficient (Wildman–Crippen LogP) is 2.08. The van der Waals surface area contributed by atoms with Gasteiger partial charge in [-0.1, -0.05) is 17.7 Å². The number of hydrogen-bond acceptors (Lipinski definition) is 4. The van der Waals surface area contributed by atoms with E-state index in [0.717, 1.165) is 29.2 Å². The molecule has 0 fully saturated rings. The molecule has 1 atom stereocenters. The first-order valence-corrected chi connectivity index (χ1v) is 6.75. The normalized spacial score (nSPS) is 12.4. The Labute approximate surface area is 119 Å². The highest BCUT2D eigenvalue weighted by molar-refractivity contribution is 5.42. The minimum absolute atomic E-state index is 0.147. The number of aromatic nitrogens is 2. The molecule has 0 radical (unpaired) electrons. The van der Waals surface area contributed by atoms with Crippen LogP contribution in [-0.2, 0) is 6.54 Å². The summed E-state index contributed by atoms with van der Waals surface area (Å²) in [6.07, 6.45) is 0. The van der Waals surface area contributed by atoms with Gasteiger partial charge in [0, 0.05) is 12.1 Å². The van der Waals surface area contributed by atoms with E-state index in [1.165, 1.54) is 5.56 Å². The summed E-state index contributed by atoms with van der Waals surface area (Å²) in [5.74, 6) is 6.62. The lowest BCUT2D eigenvalue weighted by molar-refractivity contribution is 0.402. The van der Waals surface area contributed by atoms with Crippen molar-refractivity contribution in [2.75, 3.05) is 7.11 Å². The van der Waals surface area contributed by atoms with Crippen LogP contribution in [0.4, 0.5) is 0 Å². The van der Waals surface area contributed by atoms with E-state index in [9.17, 15) is 0 Å². The Morgan fingerprint density at radius 3 is 2.70 bits per heavy atom. The number of nitrogens with zero attached hydrogens (tertiary/aromatic N) is 2. The number of methoxy groups -OCH3 is 1. The Hall–Kier alpha value is -1.85. The van der Waals surface area contributed by atoms with E-state index in [0.29, 0.717) is 0 Å². The Kier molecular flexibility index (Phi) is 4.42. The summed E-state index contributed by atoms with van der Waals surface area (Å²) in [4.78, 5) is 0. The van der Waals surface area contributed by atoms with E-state index >= 15 is 0 Å². The molecule has 3 N–H and O–H groups in total. The molecule has 0 bridgehead atoms. The van der Waals surface area contributed by atoms with Crippen LogP contribution >= 0.6 is 0 Å². The summed E-state index contributed by atoms with van der Waals surface area (Å²) in [6.45, 7) is 6.90. The van der Waals surface area contributed by atoms with Crippen molar-refractivity contribution in [3.05, 3.63) is 46.8 Å². The van der Waals surface area contributed by atoms with Crippen LogP contribution in [-0.4, -0.2) is 16.9 Å². The molecule has 0 spiro atoms. The first-order valence-electron chi connectivity index (χ1n) is 6.75. The second kappa shape index (κ2) is 6.07. The van der Waals surface area contributed by atoms with Crippen LogP contribution < -0.4 is 16.0 Å². The zero-order chi connectivity index (χ0) is 14.7. The molecule has 2 rings (SSSR count). The predicted molar refractivity (Wildman–Crippen MR) is 79.5 cm³/mol. The van der Waals surface area contributed by atoms with E-state index < -0.39 is 0 Å². The van der Waals surface area contributed by atoms with Crippen molar-refractivity contribution >= 4 is 0 Å². The van der Waals surface area contributed by atoms with E-state index in [2.05, 4.69) is 36.5 Å². The fourth-order valence-corrected chi connectivity index (χ4v) is 2.47. The van der Waals surface area contributed by atoms with Crippen LogP contribution in [0, 0.1) is 13.8 Å². The number of nitrogens with two attached hydrogens (primary N) is 1. The van der Waals surface area contributed by atoms with Gasteiger partial charge in [0.1, 0.15) is 5.75 Å². The summed E-state index contributed by atoms with van der Waals surface area (Å²) >= 11 is 0. The van der Waals surface area contributed by atoms with E-state index in [-0.39, 0.29) is 6.04 Å². The summed E-state index contributed by atoms with van der Waals surface area (Å²) in [5, 5.41) is 4.48. The second-order valence-electron chi connectivity index (χ2n) is 4.87. The van der Waals surface area contributed by atoms with Gasteiger partial charge in [0.15, 0.2) is 0 Å². The monoisotopic (exact) mass is 274 g/mol. The van der Waals surface area contributed by atoms with Gasteiger partial charge in [-0.2, -0.15) is 5.10 Å². The average molecular weight is 274 g/mol. The molecule has 2 aromatic rings. The Morgan fingerprint density at radius 2 is 2.10 bits per heavy atom. The van der Waals surface area contributed by atoms with Crippen LogP contribution in [0.5, 0.6) is 5.75 Å². The van der Waals surface area contributed by atoms with E-state index in [1.807, 2.05) is 23.7 Å². The molecule has 20 heavy (non-hydrogen) atoms. The maximum absolute atomic E-state index is 5.80. The summed E-state index contributed by atoms with van der Waals surface area (Å²) < 4.78 is 7.42. The largest absolute Gasteiger partial charge is 0.496 e. The Bertz CT molecular complexity index is 592. The van der Waals surface area contributed by atoms with Gasteiger partial charge in [-0.25, -0.2) is 5.43 Å². The van der Waals surface area contributed by atoms with Crippen molar-refractivity contribution in [3.63, 3.8) is 0 Å². The zero-order valence-corrected chi connectivity index (χ0v) is 12.5. The van der Waals surface area contributed by atoms with Gasteiger partial charge < -0.3 is 4.74 Å². The molecule has 0 saturated heterocycles. The average Bonchev–Trinajstić information content (AvgIpc) is 2.81. The summed E-state index contributed by atoms with van der Waals surface area (Å²) in [7, 11) is 1.67. The first kappa shape index (κ1) is 14.6. The van der Waals surface area contributed by atoms with Gasteiger partial charge in [0.05, 0.1) is 24.5 Å². The third kappa shape index (κ3) is 2.69. The lowest BCUT2D eigenvalue weighted by atomic mass is 10.0. The molecule has 0 amide bonds. The van der Waals surface area contributed by atoms with Crippen molar-refractivity contribution in [2.45, 2.75) is 33.4 Å². The van der Waals surface area contributed by atoms with Gasteiger partial charge in [-0.15, -0.1) is 0 Å². The highest BCUT2D eigenvalue weighted by atomic mass is 16.5. The molecule has 5 heteroatoms. The van der Waals surface area contributed by atoms with Gasteiger partial charge in [0.25, 0.3) is 0 Å². The lowest BCUT2D eigenvalue weighted by Gasteiger charge is -2.20. The van der Waals surface area contributed by atoms with Crippen molar-refractivity contribution in [3.8, 4) is 5.75 Å². The molecule has 1 aromatic carbocycles. The molecular weight excluding hydrogens is 252 g/mol. The molecule has 5 nitrogen and oxygen atoms in total. The van der Waals surface area contributed by atoms with E-state index in [1.54, 1.807) is 7.11 Å². The molecule has 1 heterocycles. The van der Waals surface area contributed by atoms with Crippen LogP contribution in [0.1, 0.15) is 35.5 Å². The maximum atomic E-state index is 5.80.